The number of carbonyl (C=O) groups is 1. The molecule has 1 atom stereocenters. The molecule has 0 fully saturated rings. The summed E-state index contributed by atoms with van der Waals surface area (Å²) in [6.07, 6.45) is -0.368. The zero-order valence-corrected chi connectivity index (χ0v) is 13.9. The molecule has 2 aromatic rings. The molecule has 3 heteroatoms. The van der Waals surface area contributed by atoms with Gasteiger partial charge >= 0.3 is 0 Å². The van der Waals surface area contributed by atoms with E-state index in [1.54, 1.807) is 0 Å². The number of rotatable bonds is 6. The van der Waals surface area contributed by atoms with E-state index < -0.39 is 8.07 Å². The van der Waals surface area contributed by atoms with Gasteiger partial charge in [0, 0.05) is 0 Å². The van der Waals surface area contributed by atoms with Gasteiger partial charge in [-0.15, -0.1) is 0 Å². The smallest absolute Gasteiger partial charge is 0.160 e. The van der Waals surface area contributed by atoms with Crippen LogP contribution in [-0.4, -0.2) is 19.6 Å². The standard InChI is InChI=1S/C18H22O2Si/c1-15(20-14-16-10-6-4-7-11-16)18(19)21(2,3)17-12-8-5-9-13-17/h4-13,15H,14H2,1-3H3/t15-/m1/s1. The molecule has 0 aliphatic rings. The highest BCUT2D eigenvalue weighted by Gasteiger charge is 2.36. The molecule has 2 rings (SSSR count). The predicted molar refractivity (Wildman–Crippen MR) is 89.3 cm³/mol. The lowest BCUT2D eigenvalue weighted by atomic mass is 10.2. The molecule has 0 unspecified atom stereocenters. The van der Waals surface area contributed by atoms with Gasteiger partial charge in [-0.05, 0) is 12.5 Å². The fourth-order valence-corrected chi connectivity index (χ4v) is 4.79. The molecule has 2 aromatic carbocycles. The fraction of sp³-hybridized carbons (Fsp3) is 0.278. The Balaban J connectivity index is 2.02. The van der Waals surface area contributed by atoms with Gasteiger partial charge in [0.05, 0.1) is 6.61 Å². The normalized spacial score (nSPS) is 12.9. The highest BCUT2D eigenvalue weighted by Crippen LogP contribution is 2.12. The van der Waals surface area contributed by atoms with Crippen LogP contribution in [0.3, 0.4) is 0 Å². The second kappa shape index (κ2) is 6.83. The minimum Gasteiger partial charge on any atom is -0.367 e. The third-order valence-electron chi connectivity index (χ3n) is 3.82. The van der Waals surface area contributed by atoms with Gasteiger partial charge in [0.1, 0.15) is 11.5 Å². The molecule has 2 nitrogen and oxygen atoms in total. The van der Waals surface area contributed by atoms with Gasteiger partial charge in [0.2, 0.25) is 0 Å². The summed E-state index contributed by atoms with van der Waals surface area (Å²) in [5.74, 6) is 0. The van der Waals surface area contributed by atoms with E-state index in [1.165, 1.54) is 0 Å². The Kier molecular flexibility index (Phi) is 5.10. The molecule has 21 heavy (non-hydrogen) atoms. The van der Waals surface area contributed by atoms with E-state index >= 15 is 0 Å². The second-order valence-electron chi connectivity index (χ2n) is 5.79. The number of hydrogen-bond donors (Lipinski definition) is 0. The molecule has 0 amide bonds. The first-order chi connectivity index (χ1) is 10.0. The molecule has 0 aliphatic carbocycles. The van der Waals surface area contributed by atoms with E-state index in [9.17, 15) is 4.79 Å². The van der Waals surface area contributed by atoms with E-state index in [2.05, 4.69) is 13.1 Å². The van der Waals surface area contributed by atoms with Gasteiger partial charge in [-0.3, -0.25) is 0 Å². The van der Waals surface area contributed by atoms with E-state index in [-0.39, 0.29) is 11.5 Å². The van der Waals surface area contributed by atoms with Crippen LogP contribution in [0, 0.1) is 0 Å². The summed E-state index contributed by atoms with van der Waals surface area (Å²) in [7, 11) is -2.15. The monoisotopic (exact) mass is 298 g/mol. The molecule has 0 heterocycles. The van der Waals surface area contributed by atoms with Crippen molar-refractivity contribution in [3.05, 3.63) is 66.2 Å². The van der Waals surface area contributed by atoms with Crippen molar-refractivity contribution in [3.63, 3.8) is 0 Å². The average Bonchev–Trinajstić information content (AvgIpc) is 2.53. The topological polar surface area (TPSA) is 26.3 Å². The minimum atomic E-state index is -2.15. The summed E-state index contributed by atoms with van der Waals surface area (Å²) in [5, 5.41) is 1.40. The first-order valence-electron chi connectivity index (χ1n) is 7.27. The Labute approximate surface area is 127 Å². The Morgan fingerprint density at radius 1 is 1.00 bits per heavy atom. The Morgan fingerprint density at radius 2 is 1.52 bits per heavy atom. The molecule has 0 radical (unpaired) electrons. The number of carbonyl (C=O) groups excluding carboxylic acids is 1. The van der Waals surface area contributed by atoms with Gasteiger partial charge in [0.15, 0.2) is 8.07 Å². The van der Waals surface area contributed by atoms with Crippen molar-refractivity contribution in [2.24, 2.45) is 0 Å². The first kappa shape index (κ1) is 15.7. The maximum Gasteiger partial charge on any atom is 0.160 e. The van der Waals surface area contributed by atoms with Crippen LogP contribution in [-0.2, 0) is 16.1 Å². The zero-order chi connectivity index (χ0) is 15.3. The Hall–Kier alpha value is -1.71. The van der Waals surface area contributed by atoms with Crippen LogP contribution < -0.4 is 5.19 Å². The average molecular weight is 298 g/mol. The number of benzene rings is 2. The van der Waals surface area contributed by atoms with Crippen molar-refractivity contribution in [1.29, 1.82) is 0 Å². The summed E-state index contributed by atoms with van der Waals surface area (Å²) >= 11 is 0. The lowest BCUT2D eigenvalue weighted by Gasteiger charge is -2.25. The molecular formula is C18H22O2Si. The third-order valence-corrected chi connectivity index (χ3v) is 7.24. The highest BCUT2D eigenvalue weighted by atomic mass is 28.3. The number of hydrogen-bond acceptors (Lipinski definition) is 2. The summed E-state index contributed by atoms with van der Waals surface area (Å²) in [4.78, 5) is 12.7. The van der Waals surface area contributed by atoms with Crippen LogP contribution >= 0.6 is 0 Å². The van der Waals surface area contributed by atoms with Crippen molar-refractivity contribution in [2.45, 2.75) is 32.7 Å². The molecule has 0 N–H and O–H groups in total. The lowest BCUT2D eigenvalue weighted by Crippen LogP contribution is -2.54. The zero-order valence-electron chi connectivity index (χ0n) is 12.9. The summed E-state index contributed by atoms with van der Waals surface area (Å²) in [6, 6.07) is 20.0. The van der Waals surface area contributed by atoms with E-state index in [1.807, 2.05) is 67.6 Å². The van der Waals surface area contributed by atoms with Gasteiger partial charge in [-0.1, -0.05) is 78.9 Å². The highest BCUT2D eigenvalue weighted by molar-refractivity contribution is 7.13. The molecule has 0 spiro atoms. The van der Waals surface area contributed by atoms with Crippen LogP contribution in [0.5, 0.6) is 0 Å². The predicted octanol–water partition coefficient (Wildman–Crippen LogP) is 3.32. The minimum absolute atomic E-state index is 0.240. The summed E-state index contributed by atoms with van der Waals surface area (Å²) < 4.78 is 5.78. The lowest BCUT2D eigenvalue weighted by molar-refractivity contribution is -0.123. The van der Waals surface area contributed by atoms with Crippen LogP contribution in [0.25, 0.3) is 0 Å². The van der Waals surface area contributed by atoms with Crippen molar-refractivity contribution in [1.82, 2.24) is 0 Å². The molecule has 0 aromatic heterocycles. The van der Waals surface area contributed by atoms with Gasteiger partial charge < -0.3 is 9.53 Å². The molecule has 110 valence electrons. The van der Waals surface area contributed by atoms with Crippen molar-refractivity contribution >= 4 is 18.7 Å². The van der Waals surface area contributed by atoms with Crippen molar-refractivity contribution in [2.75, 3.05) is 0 Å². The fourth-order valence-electron chi connectivity index (χ4n) is 2.38. The first-order valence-corrected chi connectivity index (χ1v) is 10.3. The maximum absolute atomic E-state index is 12.7. The summed E-state index contributed by atoms with van der Waals surface area (Å²) in [5.41, 5.74) is 1.09. The molecule has 0 saturated carbocycles. The molecular weight excluding hydrogens is 276 g/mol. The molecule has 0 saturated heterocycles. The van der Waals surface area contributed by atoms with Crippen LogP contribution in [0.4, 0.5) is 0 Å². The van der Waals surface area contributed by atoms with Crippen LogP contribution in [0.15, 0.2) is 60.7 Å². The van der Waals surface area contributed by atoms with Crippen LogP contribution in [0.2, 0.25) is 13.1 Å². The summed E-state index contributed by atoms with van der Waals surface area (Å²) in [6.45, 7) is 6.52. The van der Waals surface area contributed by atoms with E-state index in [0.717, 1.165) is 10.8 Å². The molecule has 0 aliphatic heterocycles. The van der Waals surface area contributed by atoms with Gasteiger partial charge in [0.25, 0.3) is 0 Å². The quantitative estimate of drug-likeness (QED) is 0.765. The van der Waals surface area contributed by atoms with E-state index in [0.29, 0.717) is 6.61 Å². The third kappa shape index (κ3) is 3.90. The Bertz CT molecular complexity index is 579. The van der Waals surface area contributed by atoms with E-state index in [4.69, 9.17) is 4.74 Å². The molecule has 0 bridgehead atoms. The van der Waals surface area contributed by atoms with Gasteiger partial charge in [-0.25, -0.2) is 0 Å². The van der Waals surface area contributed by atoms with Crippen molar-refractivity contribution in [3.8, 4) is 0 Å². The maximum atomic E-state index is 12.7. The Morgan fingerprint density at radius 3 is 2.10 bits per heavy atom. The second-order valence-corrected chi connectivity index (χ2v) is 10.1. The van der Waals surface area contributed by atoms with Gasteiger partial charge in [-0.2, -0.15) is 0 Å². The van der Waals surface area contributed by atoms with Crippen LogP contribution in [0.1, 0.15) is 12.5 Å². The SMILES string of the molecule is C[C@@H](OCc1ccccc1)C(=O)[Si](C)(C)c1ccccc1. The number of ether oxygens (including phenoxy) is 1. The van der Waals surface area contributed by atoms with Crippen molar-refractivity contribution < 1.29 is 9.53 Å². The largest absolute Gasteiger partial charge is 0.367 e.